The van der Waals surface area contributed by atoms with E-state index in [1.165, 1.54) is 6.07 Å². The molecular formula is C14H18ClFN4. The number of halogens is 2. The average Bonchev–Trinajstić information content (AvgIpc) is 2.79. The van der Waals surface area contributed by atoms with Gasteiger partial charge in [0, 0.05) is 12.7 Å². The number of rotatable bonds is 6. The molecule has 0 radical (unpaired) electrons. The minimum atomic E-state index is -0.400. The van der Waals surface area contributed by atoms with Gasteiger partial charge in [-0.25, -0.2) is 4.39 Å². The van der Waals surface area contributed by atoms with Gasteiger partial charge in [-0.05, 0) is 25.1 Å². The summed E-state index contributed by atoms with van der Waals surface area (Å²) in [6, 6.07) is 2.58. The normalized spacial score (nSPS) is 12.6. The molecular weight excluding hydrogens is 279 g/mol. The Kier molecular flexibility index (Phi) is 5.09. The molecule has 6 heteroatoms. The van der Waals surface area contributed by atoms with E-state index in [2.05, 4.69) is 22.3 Å². The second-order valence-corrected chi connectivity index (χ2v) is 4.87. The molecule has 2 aromatic rings. The average molecular weight is 297 g/mol. The lowest BCUT2D eigenvalue weighted by atomic mass is 10.1. The van der Waals surface area contributed by atoms with E-state index in [1.807, 2.05) is 11.6 Å². The number of aryl methyl sites for hydroxylation is 1. The molecule has 0 saturated carbocycles. The van der Waals surface area contributed by atoms with E-state index in [-0.39, 0.29) is 5.82 Å². The van der Waals surface area contributed by atoms with Crippen LogP contribution in [-0.2, 0) is 6.54 Å². The Morgan fingerprint density at radius 3 is 2.90 bits per heavy atom. The van der Waals surface area contributed by atoms with E-state index in [0.717, 1.165) is 18.7 Å². The summed E-state index contributed by atoms with van der Waals surface area (Å²) in [5, 5.41) is 8.01. The number of nitrogens with zero attached hydrogens (tertiary/aromatic N) is 3. The summed E-state index contributed by atoms with van der Waals surface area (Å²) < 4.78 is 15.8. The van der Waals surface area contributed by atoms with Gasteiger partial charge >= 0.3 is 0 Å². The highest BCUT2D eigenvalue weighted by molar-refractivity contribution is 6.31. The molecule has 2 heterocycles. The highest BCUT2D eigenvalue weighted by Crippen LogP contribution is 2.28. The van der Waals surface area contributed by atoms with Crippen LogP contribution in [0.4, 0.5) is 4.39 Å². The molecule has 2 aromatic heterocycles. The molecule has 0 aliphatic carbocycles. The minimum Gasteiger partial charge on any atom is -0.304 e. The van der Waals surface area contributed by atoms with Crippen LogP contribution in [0.25, 0.3) is 0 Å². The second-order valence-electron chi connectivity index (χ2n) is 4.46. The van der Waals surface area contributed by atoms with Crippen molar-refractivity contribution >= 4 is 11.6 Å². The molecule has 0 amide bonds. The molecule has 0 aliphatic heterocycles. The van der Waals surface area contributed by atoms with Crippen molar-refractivity contribution in [3.63, 3.8) is 0 Å². The zero-order valence-electron chi connectivity index (χ0n) is 11.6. The van der Waals surface area contributed by atoms with E-state index in [4.69, 9.17) is 11.6 Å². The Hall–Kier alpha value is -1.46. The lowest BCUT2D eigenvalue weighted by molar-refractivity contribution is 0.492. The van der Waals surface area contributed by atoms with E-state index in [9.17, 15) is 4.39 Å². The van der Waals surface area contributed by atoms with Crippen LogP contribution < -0.4 is 5.32 Å². The number of nitrogens with one attached hydrogen (secondary N) is 1. The molecule has 1 atom stereocenters. The van der Waals surface area contributed by atoms with Crippen LogP contribution in [0.1, 0.15) is 37.7 Å². The van der Waals surface area contributed by atoms with Gasteiger partial charge in [0.1, 0.15) is 5.82 Å². The third-order valence-electron chi connectivity index (χ3n) is 3.01. The van der Waals surface area contributed by atoms with Crippen LogP contribution in [-0.4, -0.2) is 21.3 Å². The largest absolute Gasteiger partial charge is 0.304 e. The minimum absolute atomic E-state index is 0.342. The van der Waals surface area contributed by atoms with Gasteiger partial charge in [0.15, 0.2) is 0 Å². The molecule has 0 spiro atoms. The van der Waals surface area contributed by atoms with Crippen LogP contribution in [0.2, 0.25) is 5.02 Å². The van der Waals surface area contributed by atoms with Crippen LogP contribution in [0.3, 0.4) is 0 Å². The van der Waals surface area contributed by atoms with Crippen LogP contribution in [0.15, 0.2) is 24.5 Å². The van der Waals surface area contributed by atoms with Crippen LogP contribution in [0, 0.1) is 5.82 Å². The molecule has 0 fully saturated rings. The third-order valence-corrected chi connectivity index (χ3v) is 3.30. The Labute approximate surface area is 123 Å². The fraction of sp³-hybridized carbons (Fsp3) is 0.429. The third kappa shape index (κ3) is 2.99. The molecule has 20 heavy (non-hydrogen) atoms. The maximum absolute atomic E-state index is 14.0. The summed E-state index contributed by atoms with van der Waals surface area (Å²) in [4.78, 5) is 4.16. The topological polar surface area (TPSA) is 42.7 Å². The number of hydrogen-bond donors (Lipinski definition) is 1. The molecule has 0 bridgehead atoms. The van der Waals surface area contributed by atoms with Crippen molar-refractivity contribution in [3.8, 4) is 0 Å². The van der Waals surface area contributed by atoms with Crippen molar-refractivity contribution < 1.29 is 4.39 Å². The van der Waals surface area contributed by atoms with E-state index in [1.54, 1.807) is 18.5 Å². The molecule has 1 N–H and O–H groups in total. The van der Waals surface area contributed by atoms with Gasteiger partial charge in [-0.1, -0.05) is 25.4 Å². The molecule has 0 aromatic carbocycles. The predicted molar refractivity (Wildman–Crippen MR) is 77.2 cm³/mol. The van der Waals surface area contributed by atoms with Gasteiger partial charge in [-0.15, -0.1) is 0 Å². The molecule has 0 aliphatic rings. The summed E-state index contributed by atoms with van der Waals surface area (Å²) in [5.41, 5.74) is 1.10. The van der Waals surface area contributed by atoms with Gasteiger partial charge in [-0.3, -0.25) is 9.67 Å². The smallest absolute Gasteiger partial charge is 0.146 e. The maximum Gasteiger partial charge on any atom is 0.146 e. The molecule has 2 rings (SSSR count). The molecule has 0 saturated heterocycles. The van der Waals surface area contributed by atoms with E-state index < -0.39 is 6.04 Å². The van der Waals surface area contributed by atoms with Crippen LogP contribution in [0.5, 0.6) is 0 Å². The van der Waals surface area contributed by atoms with Crippen molar-refractivity contribution in [3.05, 3.63) is 46.8 Å². The molecule has 1 unspecified atom stereocenters. The summed E-state index contributed by atoms with van der Waals surface area (Å²) in [5.74, 6) is -0.348. The maximum atomic E-state index is 14.0. The van der Waals surface area contributed by atoms with Crippen molar-refractivity contribution in [2.24, 2.45) is 0 Å². The lowest BCUT2D eigenvalue weighted by Gasteiger charge is -2.20. The number of hydrogen-bond acceptors (Lipinski definition) is 3. The van der Waals surface area contributed by atoms with E-state index >= 15 is 0 Å². The van der Waals surface area contributed by atoms with Crippen molar-refractivity contribution in [2.45, 2.75) is 32.9 Å². The molecule has 4 nitrogen and oxygen atoms in total. The second kappa shape index (κ2) is 6.81. The van der Waals surface area contributed by atoms with Crippen molar-refractivity contribution in [2.75, 3.05) is 6.54 Å². The highest BCUT2D eigenvalue weighted by atomic mass is 35.5. The molecule has 108 valence electrons. The lowest BCUT2D eigenvalue weighted by Crippen LogP contribution is -2.27. The van der Waals surface area contributed by atoms with Gasteiger partial charge in [0.2, 0.25) is 0 Å². The highest BCUT2D eigenvalue weighted by Gasteiger charge is 2.24. The Bertz CT molecular complexity index is 570. The van der Waals surface area contributed by atoms with Gasteiger partial charge < -0.3 is 5.32 Å². The van der Waals surface area contributed by atoms with Crippen molar-refractivity contribution in [1.29, 1.82) is 0 Å². The Morgan fingerprint density at radius 1 is 1.45 bits per heavy atom. The number of aromatic nitrogens is 3. The first kappa shape index (κ1) is 14.9. The van der Waals surface area contributed by atoms with Crippen LogP contribution >= 0.6 is 11.6 Å². The standard InChI is InChI=1S/C14H18ClFN4/c1-3-8-20-14(10(15)9-19-20)13(17-4-2)12-11(16)6-5-7-18-12/h5-7,9,13,17H,3-4,8H2,1-2H3. The van der Waals surface area contributed by atoms with E-state index in [0.29, 0.717) is 17.3 Å². The van der Waals surface area contributed by atoms with Gasteiger partial charge in [0.25, 0.3) is 0 Å². The first-order chi connectivity index (χ1) is 9.69. The van der Waals surface area contributed by atoms with Gasteiger partial charge in [0.05, 0.1) is 28.6 Å². The predicted octanol–water partition coefficient (Wildman–Crippen LogP) is 3.18. The summed E-state index contributed by atoms with van der Waals surface area (Å²) in [6.07, 6.45) is 4.10. The zero-order chi connectivity index (χ0) is 14.5. The quantitative estimate of drug-likeness (QED) is 0.890. The summed E-state index contributed by atoms with van der Waals surface area (Å²) in [6.45, 7) is 5.43. The fourth-order valence-corrected chi connectivity index (χ4v) is 2.44. The Balaban J connectivity index is 2.49. The van der Waals surface area contributed by atoms with Crippen molar-refractivity contribution in [1.82, 2.24) is 20.1 Å². The summed E-state index contributed by atoms with van der Waals surface area (Å²) in [7, 11) is 0. The first-order valence-corrected chi connectivity index (χ1v) is 7.11. The fourth-order valence-electron chi connectivity index (χ4n) is 2.19. The van der Waals surface area contributed by atoms with Gasteiger partial charge in [-0.2, -0.15) is 5.10 Å². The number of pyridine rings is 1. The zero-order valence-corrected chi connectivity index (χ0v) is 12.4. The summed E-state index contributed by atoms with van der Waals surface area (Å²) >= 11 is 6.24. The first-order valence-electron chi connectivity index (χ1n) is 6.74. The SMILES string of the molecule is CCCn1ncc(Cl)c1C(NCC)c1ncccc1F. The Morgan fingerprint density at radius 2 is 2.25 bits per heavy atom. The monoisotopic (exact) mass is 296 g/mol.